The summed E-state index contributed by atoms with van der Waals surface area (Å²) in [5.74, 6) is 0. The van der Waals surface area contributed by atoms with Gasteiger partial charge in [-0.2, -0.15) is 0 Å². The molecule has 0 aromatic carbocycles. The molecule has 70 valence electrons. The molecule has 0 aliphatic carbocycles. The monoisotopic (exact) mass is 168 g/mol. The Hall–Kier alpha value is -0.340. The first-order chi connectivity index (χ1) is 5.47. The van der Waals surface area contributed by atoms with Crippen LogP contribution in [0.4, 0.5) is 0 Å². The largest absolute Gasteiger partial charge is 0.324 e. The van der Waals surface area contributed by atoms with Crippen molar-refractivity contribution in [2.45, 2.75) is 32.7 Å². The second-order valence-electron chi connectivity index (χ2n) is 4.54. The summed E-state index contributed by atoms with van der Waals surface area (Å²) in [5.41, 5.74) is 7.37. The Kier molecular flexibility index (Phi) is 2.91. The molecule has 0 aromatic rings. The highest BCUT2D eigenvalue weighted by Gasteiger charge is 2.17. The van der Waals surface area contributed by atoms with Gasteiger partial charge in [-0.15, -0.1) is 0 Å². The van der Waals surface area contributed by atoms with Crippen molar-refractivity contribution in [2.24, 2.45) is 5.73 Å². The zero-order valence-corrected chi connectivity index (χ0v) is 8.43. The minimum absolute atomic E-state index is 0.0579. The Balaban J connectivity index is 2.40. The Morgan fingerprint density at radius 1 is 1.58 bits per heavy atom. The van der Waals surface area contributed by atoms with E-state index in [9.17, 15) is 0 Å². The zero-order valence-electron chi connectivity index (χ0n) is 8.43. The molecule has 1 aliphatic rings. The fourth-order valence-electron chi connectivity index (χ4n) is 1.70. The van der Waals surface area contributed by atoms with E-state index in [-0.39, 0.29) is 5.54 Å². The normalized spacial score (nSPS) is 20.8. The fraction of sp³-hybridized carbons (Fsp3) is 0.800. The van der Waals surface area contributed by atoms with Gasteiger partial charge in [0.05, 0.1) is 0 Å². The van der Waals surface area contributed by atoms with Gasteiger partial charge in [0.25, 0.3) is 0 Å². The second kappa shape index (κ2) is 3.58. The highest BCUT2D eigenvalue weighted by Crippen LogP contribution is 2.11. The molecule has 0 aromatic heterocycles. The van der Waals surface area contributed by atoms with E-state index >= 15 is 0 Å². The first-order valence-electron chi connectivity index (χ1n) is 4.64. The lowest BCUT2D eigenvalue weighted by molar-refractivity contribution is 0.238. The molecule has 0 unspecified atom stereocenters. The lowest BCUT2D eigenvalue weighted by Crippen LogP contribution is -2.46. The third-order valence-electron chi connectivity index (χ3n) is 2.04. The summed E-state index contributed by atoms with van der Waals surface area (Å²) >= 11 is 0. The van der Waals surface area contributed by atoms with Crippen molar-refractivity contribution in [1.82, 2.24) is 4.90 Å². The van der Waals surface area contributed by atoms with Gasteiger partial charge in [0.1, 0.15) is 0 Å². The van der Waals surface area contributed by atoms with Gasteiger partial charge in [0.2, 0.25) is 0 Å². The molecule has 0 amide bonds. The fourth-order valence-corrected chi connectivity index (χ4v) is 1.70. The highest BCUT2D eigenvalue weighted by atomic mass is 15.1. The van der Waals surface area contributed by atoms with Crippen LogP contribution in [-0.2, 0) is 0 Å². The van der Waals surface area contributed by atoms with E-state index in [0.29, 0.717) is 0 Å². The van der Waals surface area contributed by atoms with Crippen LogP contribution in [0, 0.1) is 0 Å². The van der Waals surface area contributed by atoms with E-state index in [2.05, 4.69) is 31.7 Å². The summed E-state index contributed by atoms with van der Waals surface area (Å²) in [4.78, 5) is 2.43. The van der Waals surface area contributed by atoms with Crippen LogP contribution in [0.1, 0.15) is 27.2 Å². The molecule has 0 fully saturated rings. The first-order valence-corrected chi connectivity index (χ1v) is 4.64. The number of nitrogens with two attached hydrogens (primary N) is 1. The zero-order chi connectivity index (χ0) is 9.19. The Morgan fingerprint density at radius 3 is 2.75 bits per heavy atom. The van der Waals surface area contributed by atoms with Crippen molar-refractivity contribution in [2.75, 3.05) is 19.6 Å². The average molecular weight is 168 g/mol. The van der Waals surface area contributed by atoms with Gasteiger partial charge >= 0.3 is 0 Å². The van der Waals surface area contributed by atoms with Gasteiger partial charge in [-0.05, 0) is 27.2 Å². The number of rotatable bonds is 2. The van der Waals surface area contributed by atoms with E-state index in [1.54, 1.807) is 0 Å². The van der Waals surface area contributed by atoms with Crippen LogP contribution in [0.2, 0.25) is 0 Å². The molecular weight excluding hydrogens is 148 g/mol. The van der Waals surface area contributed by atoms with E-state index in [1.807, 2.05) is 0 Å². The molecule has 0 bridgehead atoms. The second-order valence-corrected chi connectivity index (χ2v) is 4.54. The maximum absolute atomic E-state index is 5.95. The topological polar surface area (TPSA) is 29.3 Å². The number of hydrogen-bond acceptors (Lipinski definition) is 2. The van der Waals surface area contributed by atoms with E-state index in [4.69, 9.17) is 5.73 Å². The Bertz CT molecular complexity index is 177. The van der Waals surface area contributed by atoms with Gasteiger partial charge in [-0.1, -0.05) is 11.6 Å². The van der Waals surface area contributed by atoms with E-state index < -0.39 is 0 Å². The molecule has 1 heterocycles. The van der Waals surface area contributed by atoms with Crippen LogP contribution in [0.15, 0.2) is 11.6 Å². The SMILES string of the molecule is CC1=CCCN(CC(C)(C)N)C1. The minimum atomic E-state index is -0.0579. The molecule has 0 spiro atoms. The number of nitrogens with zero attached hydrogens (tertiary/aromatic N) is 1. The summed E-state index contributed by atoms with van der Waals surface area (Å²) in [6.45, 7) is 9.62. The van der Waals surface area contributed by atoms with Crippen molar-refractivity contribution < 1.29 is 0 Å². The lowest BCUT2D eigenvalue weighted by Gasteiger charge is -2.32. The molecule has 2 heteroatoms. The minimum Gasteiger partial charge on any atom is -0.324 e. The molecule has 0 saturated carbocycles. The van der Waals surface area contributed by atoms with Crippen molar-refractivity contribution in [3.63, 3.8) is 0 Å². The summed E-state index contributed by atoms with van der Waals surface area (Å²) in [6, 6.07) is 0. The van der Waals surface area contributed by atoms with Crippen LogP contribution in [0.25, 0.3) is 0 Å². The summed E-state index contributed by atoms with van der Waals surface area (Å²) < 4.78 is 0. The Morgan fingerprint density at radius 2 is 2.25 bits per heavy atom. The van der Waals surface area contributed by atoms with Gasteiger partial charge in [-0.25, -0.2) is 0 Å². The molecule has 0 radical (unpaired) electrons. The third-order valence-corrected chi connectivity index (χ3v) is 2.04. The summed E-state index contributed by atoms with van der Waals surface area (Å²) in [5, 5.41) is 0. The third kappa shape index (κ3) is 3.37. The van der Waals surface area contributed by atoms with Gasteiger partial charge in [0.15, 0.2) is 0 Å². The van der Waals surface area contributed by atoms with Gasteiger partial charge in [0, 0.05) is 25.2 Å². The molecule has 1 rings (SSSR count). The first kappa shape index (κ1) is 9.75. The van der Waals surface area contributed by atoms with Crippen LogP contribution >= 0.6 is 0 Å². The summed E-state index contributed by atoms with van der Waals surface area (Å²) in [7, 11) is 0. The molecule has 2 nitrogen and oxygen atoms in total. The van der Waals surface area contributed by atoms with Gasteiger partial charge < -0.3 is 5.73 Å². The Labute approximate surface area is 75.4 Å². The van der Waals surface area contributed by atoms with Crippen molar-refractivity contribution in [3.8, 4) is 0 Å². The summed E-state index contributed by atoms with van der Waals surface area (Å²) in [6.07, 6.45) is 3.50. The van der Waals surface area contributed by atoms with Crippen molar-refractivity contribution in [3.05, 3.63) is 11.6 Å². The van der Waals surface area contributed by atoms with Crippen LogP contribution < -0.4 is 5.73 Å². The molecule has 12 heavy (non-hydrogen) atoms. The van der Waals surface area contributed by atoms with Crippen LogP contribution in [0.3, 0.4) is 0 Å². The average Bonchev–Trinajstić information content (AvgIpc) is 1.82. The predicted molar refractivity (Wildman–Crippen MR) is 53.1 cm³/mol. The molecule has 1 aliphatic heterocycles. The smallest absolute Gasteiger partial charge is 0.0226 e. The lowest BCUT2D eigenvalue weighted by atomic mass is 10.0. The van der Waals surface area contributed by atoms with Crippen molar-refractivity contribution in [1.29, 1.82) is 0 Å². The molecular formula is C10H20N2. The standard InChI is InChI=1S/C10H20N2/c1-9-5-4-6-12(7-9)8-10(2,3)11/h5H,4,6-8,11H2,1-3H3. The maximum Gasteiger partial charge on any atom is 0.0226 e. The van der Waals surface area contributed by atoms with E-state index in [0.717, 1.165) is 19.6 Å². The quantitative estimate of drug-likeness (QED) is 0.631. The maximum atomic E-state index is 5.95. The van der Waals surface area contributed by atoms with E-state index in [1.165, 1.54) is 12.0 Å². The molecule has 0 atom stereocenters. The van der Waals surface area contributed by atoms with Crippen LogP contribution in [-0.4, -0.2) is 30.1 Å². The molecule has 2 N–H and O–H groups in total. The highest BCUT2D eigenvalue weighted by molar-refractivity contribution is 5.05. The predicted octanol–water partition coefficient (Wildman–Crippen LogP) is 1.38. The molecule has 0 saturated heterocycles. The number of hydrogen-bond donors (Lipinski definition) is 1. The van der Waals surface area contributed by atoms with Crippen LogP contribution in [0.5, 0.6) is 0 Å². The van der Waals surface area contributed by atoms with Crippen molar-refractivity contribution >= 4 is 0 Å². The van der Waals surface area contributed by atoms with Gasteiger partial charge in [-0.3, -0.25) is 4.90 Å².